The fourth-order valence-corrected chi connectivity index (χ4v) is 3.96. The molecule has 1 aromatic heterocycles. The second-order valence-corrected chi connectivity index (χ2v) is 7.59. The molecule has 6 nitrogen and oxygen atoms in total. The van der Waals surface area contributed by atoms with Gasteiger partial charge in [0.25, 0.3) is 5.91 Å². The highest BCUT2D eigenvalue weighted by molar-refractivity contribution is 6.04. The number of carbonyl (C=O) groups excluding carboxylic acids is 2. The van der Waals surface area contributed by atoms with Crippen molar-refractivity contribution in [3.63, 3.8) is 0 Å². The molecule has 1 aromatic carbocycles. The second-order valence-electron chi connectivity index (χ2n) is 7.59. The number of rotatable bonds is 5. The summed E-state index contributed by atoms with van der Waals surface area (Å²) >= 11 is 0. The average molecular weight is 376 g/mol. The van der Waals surface area contributed by atoms with Gasteiger partial charge in [-0.1, -0.05) is 12.1 Å². The summed E-state index contributed by atoms with van der Waals surface area (Å²) in [6.07, 6.45) is 7.51. The van der Waals surface area contributed by atoms with Gasteiger partial charge >= 0.3 is 0 Å². The lowest BCUT2D eigenvalue weighted by Gasteiger charge is -2.13. The van der Waals surface area contributed by atoms with Gasteiger partial charge in [0, 0.05) is 31.8 Å². The van der Waals surface area contributed by atoms with Gasteiger partial charge in [-0.25, -0.2) is 5.43 Å². The molecular weight excluding hydrogens is 352 g/mol. The van der Waals surface area contributed by atoms with Crippen molar-refractivity contribution in [1.82, 2.24) is 15.7 Å². The molecule has 144 valence electrons. The van der Waals surface area contributed by atoms with Gasteiger partial charge in [-0.15, -0.1) is 0 Å². The number of amides is 2. The summed E-state index contributed by atoms with van der Waals surface area (Å²) in [4.78, 5) is 27.6. The van der Waals surface area contributed by atoms with Gasteiger partial charge in [0.2, 0.25) is 5.91 Å². The minimum atomic E-state index is -0.0549. The first-order valence-corrected chi connectivity index (χ1v) is 9.76. The van der Waals surface area contributed by atoms with Crippen LogP contribution in [0.1, 0.15) is 51.9 Å². The Morgan fingerprint density at radius 2 is 2.07 bits per heavy atom. The highest BCUT2D eigenvalue weighted by Crippen LogP contribution is 2.30. The minimum Gasteiger partial charge on any atom is -0.352 e. The Morgan fingerprint density at radius 1 is 1.21 bits per heavy atom. The lowest BCUT2D eigenvalue weighted by atomic mass is 10.00. The molecule has 0 radical (unpaired) electrons. The molecule has 4 rings (SSSR count). The van der Waals surface area contributed by atoms with Gasteiger partial charge in [-0.2, -0.15) is 5.10 Å². The van der Waals surface area contributed by atoms with E-state index in [0.717, 1.165) is 36.1 Å². The van der Waals surface area contributed by atoms with Crippen molar-refractivity contribution in [3.05, 3.63) is 64.5 Å². The predicted molar refractivity (Wildman–Crippen MR) is 107 cm³/mol. The van der Waals surface area contributed by atoms with Gasteiger partial charge in [-0.05, 0) is 66.5 Å². The van der Waals surface area contributed by atoms with E-state index in [2.05, 4.69) is 39.0 Å². The first kappa shape index (κ1) is 18.3. The molecule has 2 aromatic rings. The summed E-state index contributed by atoms with van der Waals surface area (Å²) in [5.74, 6) is 0.461. The fourth-order valence-electron chi connectivity index (χ4n) is 3.96. The number of benzene rings is 1. The quantitative estimate of drug-likeness (QED) is 0.841. The van der Waals surface area contributed by atoms with Crippen LogP contribution in [0.15, 0.2) is 41.8 Å². The molecule has 1 unspecified atom stereocenters. The van der Waals surface area contributed by atoms with Crippen molar-refractivity contribution in [3.8, 4) is 0 Å². The van der Waals surface area contributed by atoms with E-state index < -0.39 is 0 Å². The van der Waals surface area contributed by atoms with Crippen molar-refractivity contribution >= 4 is 17.5 Å². The lowest BCUT2D eigenvalue weighted by Crippen LogP contribution is -2.26. The van der Waals surface area contributed by atoms with E-state index in [1.165, 1.54) is 11.1 Å². The van der Waals surface area contributed by atoms with Crippen molar-refractivity contribution < 1.29 is 9.59 Å². The van der Waals surface area contributed by atoms with Crippen LogP contribution in [-0.4, -0.2) is 29.1 Å². The molecule has 6 heteroatoms. The Hall–Kier alpha value is -3.02. The third-order valence-electron chi connectivity index (χ3n) is 5.58. The summed E-state index contributed by atoms with van der Waals surface area (Å²) in [7, 11) is 0. The van der Waals surface area contributed by atoms with Crippen LogP contribution in [0.3, 0.4) is 0 Å². The summed E-state index contributed by atoms with van der Waals surface area (Å²) in [6.45, 7) is 2.58. The van der Waals surface area contributed by atoms with Crippen LogP contribution >= 0.6 is 0 Å². The number of nitrogens with one attached hydrogen (secondary N) is 2. The van der Waals surface area contributed by atoms with Crippen LogP contribution in [0.25, 0.3) is 0 Å². The molecule has 2 amide bonds. The van der Waals surface area contributed by atoms with Crippen LogP contribution in [0.4, 0.5) is 0 Å². The summed E-state index contributed by atoms with van der Waals surface area (Å²) in [6, 6.07) is 8.34. The maximum absolute atomic E-state index is 12.3. The Labute approximate surface area is 164 Å². The normalized spacial score (nSPS) is 18.2. The summed E-state index contributed by atoms with van der Waals surface area (Å²) < 4.78 is 0. The molecule has 0 bridgehead atoms. The third-order valence-corrected chi connectivity index (χ3v) is 5.58. The van der Waals surface area contributed by atoms with E-state index in [4.69, 9.17) is 0 Å². The smallest absolute Gasteiger partial charge is 0.253 e. The predicted octanol–water partition coefficient (Wildman–Crippen LogP) is 2.54. The van der Waals surface area contributed by atoms with Crippen molar-refractivity contribution in [2.75, 3.05) is 6.54 Å². The summed E-state index contributed by atoms with van der Waals surface area (Å²) in [5, 5.41) is 7.22. The Bertz CT molecular complexity index is 951. The molecular formula is C22H24N4O2. The van der Waals surface area contributed by atoms with E-state index in [-0.39, 0.29) is 11.8 Å². The van der Waals surface area contributed by atoms with E-state index in [1.54, 1.807) is 12.4 Å². The molecule has 2 heterocycles. The number of hydrogen-bond acceptors (Lipinski definition) is 4. The van der Waals surface area contributed by atoms with Crippen LogP contribution in [0.2, 0.25) is 0 Å². The van der Waals surface area contributed by atoms with Crippen LogP contribution < -0.4 is 10.7 Å². The van der Waals surface area contributed by atoms with Crippen molar-refractivity contribution in [2.45, 2.75) is 39.0 Å². The van der Waals surface area contributed by atoms with Gasteiger partial charge < -0.3 is 5.32 Å². The molecule has 2 aliphatic rings. The van der Waals surface area contributed by atoms with Crippen molar-refractivity contribution in [1.29, 1.82) is 0 Å². The molecule has 1 aliphatic heterocycles. The first-order chi connectivity index (χ1) is 13.6. The monoisotopic (exact) mass is 376 g/mol. The number of nitrogens with zero attached hydrogens (tertiary/aromatic N) is 2. The van der Waals surface area contributed by atoms with E-state index >= 15 is 0 Å². The fraction of sp³-hybridized carbons (Fsp3) is 0.364. The number of hydrogen-bond donors (Lipinski definition) is 2. The number of fused-ring (bicyclic) bond motifs is 1. The van der Waals surface area contributed by atoms with Crippen LogP contribution in [-0.2, 0) is 17.6 Å². The zero-order valence-electron chi connectivity index (χ0n) is 16.0. The largest absolute Gasteiger partial charge is 0.352 e. The highest BCUT2D eigenvalue weighted by Gasteiger charge is 2.23. The minimum absolute atomic E-state index is 0.0199. The topological polar surface area (TPSA) is 83.4 Å². The maximum Gasteiger partial charge on any atom is 0.253 e. The number of hydrazone groups is 1. The Balaban J connectivity index is 1.32. The van der Waals surface area contributed by atoms with Crippen molar-refractivity contribution in [2.24, 2.45) is 11.0 Å². The Kier molecular flexibility index (Phi) is 5.19. The van der Waals surface area contributed by atoms with E-state index in [9.17, 15) is 9.59 Å². The zero-order valence-corrected chi connectivity index (χ0v) is 16.0. The van der Waals surface area contributed by atoms with Crippen LogP contribution in [0, 0.1) is 12.8 Å². The molecule has 1 aliphatic carbocycles. The summed E-state index contributed by atoms with van der Waals surface area (Å²) in [5.41, 5.74) is 8.93. The van der Waals surface area contributed by atoms with Gasteiger partial charge in [0.05, 0.1) is 11.3 Å². The molecule has 0 fully saturated rings. The molecule has 2 N–H and O–H groups in total. The molecule has 28 heavy (non-hydrogen) atoms. The van der Waals surface area contributed by atoms with E-state index in [1.807, 2.05) is 13.0 Å². The highest BCUT2D eigenvalue weighted by atomic mass is 16.2. The average Bonchev–Trinajstić information content (AvgIpc) is 3.10. The number of pyridine rings is 1. The standard InChI is InChI=1S/C22H24N4O2/c1-14-6-8-23-13-19(14)22(28)24-9-7-15-10-16-2-3-17(12-18(16)11-15)20-4-5-21(27)26-25-20/h2-3,6,8,12-13,15H,4-5,7,9-11H2,1H3,(H,24,28)(H,26,27). The zero-order chi connectivity index (χ0) is 19.5. The maximum atomic E-state index is 12.3. The second kappa shape index (κ2) is 7.92. The van der Waals surface area contributed by atoms with Gasteiger partial charge in [-0.3, -0.25) is 14.6 Å². The van der Waals surface area contributed by atoms with E-state index in [0.29, 0.717) is 30.9 Å². The molecule has 0 saturated carbocycles. The van der Waals surface area contributed by atoms with Gasteiger partial charge in [0.1, 0.15) is 0 Å². The molecule has 1 atom stereocenters. The SMILES string of the molecule is Cc1ccncc1C(=O)NCCC1Cc2ccc(C3=NNC(=O)CC3)cc2C1. The van der Waals surface area contributed by atoms with Crippen LogP contribution in [0.5, 0.6) is 0 Å². The number of aromatic nitrogens is 1. The molecule has 0 spiro atoms. The number of aryl methyl sites for hydroxylation is 1. The van der Waals surface area contributed by atoms with Gasteiger partial charge in [0.15, 0.2) is 0 Å². The first-order valence-electron chi connectivity index (χ1n) is 9.76. The lowest BCUT2D eigenvalue weighted by molar-refractivity contribution is -0.121. The molecule has 0 saturated heterocycles. The third kappa shape index (κ3) is 3.96. The number of carbonyl (C=O) groups is 2. The Morgan fingerprint density at radius 3 is 2.86 bits per heavy atom.